The van der Waals surface area contributed by atoms with Gasteiger partial charge < -0.3 is 10.5 Å². The highest BCUT2D eigenvalue weighted by Crippen LogP contribution is 2.25. The summed E-state index contributed by atoms with van der Waals surface area (Å²) in [5.41, 5.74) is 5.10. The van der Waals surface area contributed by atoms with E-state index in [1.165, 1.54) is 0 Å². The van der Waals surface area contributed by atoms with Gasteiger partial charge >= 0.3 is 0 Å². The smallest absolute Gasteiger partial charge is 0.217 e. The molecule has 0 aromatic rings. The molecule has 0 unspecified atom stereocenters. The van der Waals surface area contributed by atoms with E-state index in [2.05, 4.69) is 55.4 Å². The van der Waals surface area contributed by atoms with Gasteiger partial charge in [-0.3, -0.25) is 4.79 Å². The molecule has 3 nitrogen and oxygen atoms in total. The molecule has 0 saturated heterocycles. The Hall–Kier alpha value is -0.860. The molecule has 144 valence electrons. The molecule has 1 amide bonds. The fraction of sp³-hybridized carbons (Fsp3) is 0.905. The van der Waals surface area contributed by atoms with Crippen LogP contribution < -0.4 is 5.73 Å². The number of nitrogens with two attached hydrogens (primary N) is 1. The highest BCUT2D eigenvalue weighted by atomic mass is 16.1. The Morgan fingerprint density at radius 2 is 0.958 bits per heavy atom. The largest absolute Gasteiger partial charge is 0.370 e. The molecule has 0 aliphatic carbocycles. The van der Waals surface area contributed by atoms with Crippen LogP contribution in [0.25, 0.3) is 0 Å². The van der Waals surface area contributed by atoms with Gasteiger partial charge in [0.1, 0.15) is 5.78 Å². The van der Waals surface area contributed by atoms with Crippen LogP contribution in [0, 0.1) is 35.5 Å². The Balaban J connectivity index is 0. The molecule has 0 rings (SSSR count). The minimum atomic E-state index is -0.179. The first-order valence-electron chi connectivity index (χ1n) is 9.67. The summed E-state index contributed by atoms with van der Waals surface area (Å²) in [6, 6.07) is 0. The molecule has 0 fully saturated rings. The predicted molar refractivity (Wildman–Crippen MR) is 105 cm³/mol. The fourth-order valence-electron chi connectivity index (χ4n) is 3.55. The molecule has 2 N–H and O–H groups in total. The van der Waals surface area contributed by atoms with Crippen LogP contribution in [0.2, 0.25) is 0 Å². The van der Waals surface area contributed by atoms with Crippen LogP contribution in [0.3, 0.4) is 0 Å². The molecule has 0 atom stereocenters. The third kappa shape index (κ3) is 13.6. The van der Waals surface area contributed by atoms with Crippen molar-refractivity contribution in [2.75, 3.05) is 0 Å². The lowest BCUT2D eigenvalue weighted by molar-refractivity contribution is -0.118. The van der Waals surface area contributed by atoms with Crippen molar-refractivity contribution in [2.45, 2.75) is 88.0 Å². The average Bonchev–Trinajstić information content (AvgIpc) is 2.37. The highest BCUT2D eigenvalue weighted by Gasteiger charge is 2.18. The summed E-state index contributed by atoms with van der Waals surface area (Å²) in [6.45, 7) is 19.4. The SMILES string of the molecule is CC(=O)CCC(C(C)C)C(C)C.CC(C)C(CCC(N)=O)C(C)C. The molecule has 0 heterocycles. The topological polar surface area (TPSA) is 60.2 Å². The molecule has 0 aliphatic rings. The molecule has 3 heteroatoms. The van der Waals surface area contributed by atoms with Crippen molar-refractivity contribution in [3.63, 3.8) is 0 Å². The van der Waals surface area contributed by atoms with Crippen LogP contribution in [0.15, 0.2) is 0 Å². The average molecular weight is 342 g/mol. The van der Waals surface area contributed by atoms with E-state index in [0.29, 0.717) is 47.7 Å². The zero-order valence-electron chi connectivity index (χ0n) is 17.7. The zero-order valence-corrected chi connectivity index (χ0v) is 17.7. The van der Waals surface area contributed by atoms with Gasteiger partial charge in [0.05, 0.1) is 0 Å². The zero-order chi connectivity index (χ0) is 19.4. The van der Waals surface area contributed by atoms with Crippen LogP contribution in [-0.2, 0) is 9.59 Å². The summed E-state index contributed by atoms with van der Waals surface area (Å²) in [7, 11) is 0. The van der Waals surface area contributed by atoms with Gasteiger partial charge in [0.2, 0.25) is 5.91 Å². The molecule has 24 heavy (non-hydrogen) atoms. The van der Waals surface area contributed by atoms with Crippen LogP contribution in [0.5, 0.6) is 0 Å². The van der Waals surface area contributed by atoms with E-state index in [4.69, 9.17) is 5.73 Å². The molecular weight excluding hydrogens is 298 g/mol. The van der Waals surface area contributed by atoms with E-state index in [0.717, 1.165) is 19.3 Å². The Labute approximate surface area is 151 Å². The number of ketones is 1. The van der Waals surface area contributed by atoms with Gasteiger partial charge in [0.25, 0.3) is 0 Å². The number of carbonyl (C=O) groups excluding carboxylic acids is 2. The van der Waals surface area contributed by atoms with Gasteiger partial charge in [-0.05, 0) is 55.3 Å². The van der Waals surface area contributed by atoms with Gasteiger partial charge in [0.15, 0.2) is 0 Å². The lowest BCUT2D eigenvalue weighted by atomic mass is 9.82. The third-order valence-corrected chi connectivity index (χ3v) is 4.98. The number of hydrogen-bond acceptors (Lipinski definition) is 2. The van der Waals surface area contributed by atoms with Crippen molar-refractivity contribution in [3.8, 4) is 0 Å². The normalized spacial score (nSPS) is 11.6. The predicted octanol–water partition coefficient (Wildman–Crippen LogP) is 5.46. The van der Waals surface area contributed by atoms with Crippen molar-refractivity contribution < 1.29 is 9.59 Å². The maximum absolute atomic E-state index is 10.8. The Morgan fingerprint density at radius 1 is 0.667 bits per heavy atom. The monoisotopic (exact) mass is 341 g/mol. The van der Waals surface area contributed by atoms with Gasteiger partial charge in [-0.1, -0.05) is 55.4 Å². The van der Waals surface area contributed by atoms with E-state index in [1.807, 2.05) is 0 Å². The number of Topliss-reactive ketones (excluding diaryl/α,β-unsaturated/α-hetero) is 1. The second kappa shape index (κ2) is 13.4. The first-order valence-corrected chi connectivity index (χ1v) is 9.67. The minimum absolute atomic E-state index is 0.179. The van der Waals surface area contributed by atoms with Crippen molar-refractivity contribution in [2.24, 2.45) is 41.2 Å². The number of carbonyl (C=O) groups is 2. The summed E-state index contributed by atoms with van der Waals surface area (Å²) in [5, 5.41) is 0. The first-order chi connectivity index (χ1) is 10.9. The summed E-state index contributed by atoms with van der Waals surface area (Å²) < 4.78 is 0. The Morgan fingerprint density at radius 3 is 1.17 bits per heavy atom. The summed E-state index contributed by atoms with van der Waals surface area (Å²) >= 11 is 0. The Kier molecular flexibility index (Phi) is 14.2. The minimum Gasteiger partial charge on any atom is -0.370 e. The summed E-state index contributed by atoms with van der Waals surface area (Å²) in [6.07, 6.45) is 3.28. The van der Waals surface area contributed by atoms with E-state index in [-0.39, 0.29) is 5.91 Å². The molecule has 0 aromatic heterocycles. The molecule has 0 saturated carbocycles. The highest BCUT2D eigenvalue weighted by molar-refractivity contribution is 5.75. The van der Waals surface area contributed by atoms with Crippen molar-refractivity contribution in [1.82, 2.24) is 0 Å². The molecule has 0 radical (unpaired) electrons. The quantitative estimate of drug-likeness (QED) is 0.573. The lowest BCUT2D eigenvalue weighted by Crippen LogP contribution is -2.19. The van der Waals surface area contributed by atoms with Crippen LogP contribution >= 0.6 is 0 Å². The summed E-state index contributed by atoms with van der Waals surface area (Å²) in [4.78, 5) is 21.4. The number of hydrogen-bond donors (Lipinski definition) is 1. The maximum Gasteiger partial charge on any atom is 0.217 e. The van der Waals surface area contributed by atoms with Crippen LogP contribution in [0.4, 0.5) is 0 Å². The second-order valence-electron chi connectivity index (χ2n) is 8.55. The van der Waals surface area contributed by atoms with E-state index < -0.39 is 0 Å². The molecule has 0 bridgehead atoms. The maximum atomic E-state index is 10.8. The number of primary amides is 1. The molecule has 0 aromatic carbocycles. The number of amides is 1. The van der Waals surface area contributed by atoms with E-state index >= 15 is 0 Å². The summed E-state index contributed by atoms with van der Waals surface area (Å²) in [5.74, 6) is 4.15. The van der Waals surface area contributed by atoms with E-state index in [1.54, 1.807) is 6.92 Å². The second-order valence-corrected chi connectivity index (χ2v) is 8.55. The third-order valence-electron chi connectivity index (χ3n) is 4.98. The van der Waals surface area contributed by atoms with Gasteiger partial charge in [0, 0.05) is 12.8 Å². The molecule has 0 spiro atoms. The van der Waals surface area contributed by atoms with Gasteiger partial charge in [-0.25, -0.2) is 0 Å². The van der Waals surface area contributed by atoms with Crippen molar-refractivity contribution >= 4 is 11.7 Å². The van der Waals surface area contributed by atoms with Crippen LogP contribution in [-0.4, -0.2) is 11.7 Å². The van der Waals surface area contributed by atoms with Crippen molar-refractivity contribution in [3.05, 3.63) is 0 Å². The van der Waals surface area contributed by atoms with Crippen molar-refractivity contribution in [1.29, 1.82) is 0 Å². The van der Waals surface area contributed by atoms with E-state index in [9.17, 15) is 9.59 Å². The standard InChI is InChI=1S/C11H22O.C10H21NO/c1-8(2)11(9(3)4)7-6-10(5)12;1-7(2)9(8(3)4)5-6-10(11)12/h8-9,11H,6-7H2,1-5H3;7-9H,5-6H2,1-4H3,(H2,11,12). The first kappa shape index (κ1) is 25.4. The Bertz CT molecular complexity index is 296. The lowest BCUT2D eigenvalue weighted by Gasteiger charge is -2.24. The number of rotatable bonds is 10. The van der Waals surface area contributed by atoms with Gasteiger partial charge in [-0.15, -0.1) is 0 Å². The molecule has 0 aliphatic heterocycles. The fourth-order valence-corrected chi connectivity index (χ4v) is 3.55. The molecular formula is C21H43NO2. The van der Waals surface area contributed by atoms with Gasteiger partial charge in [-0.2, -0.15) is 0 Å². The van der Waals surface area contributed by atoms with Crippen LogP contribution in [0.1, 0.15) is 88.0 Å².